The van der Waals surface area contributed by atoms with Gasteiger partial charge in [-0.1, -0.05) is 30.5 Å². The predicted octanol–water partition coefficient (Wildman–Crippen LogP) is 2.10. The Hall–Kier alpha value is -2.37. The van der Waals surface area contributed by atoms with Crippen LogP contribution in [-0.4, -0.2) is 36.0 Å². The van der Waals surface area contributed by atoms with Crippen LogP contribution in [0, 0.1) is 6.92 Å². The van der Waals surface area contributed by atoms with Crippen molar-refractivity contribution in [3.8, 4) is 0 Å². The molecular formula is C19H26N2O4. The number of esters is 1. The zero-order valence-corrected chi connectivity index (χ0v) is 15.0. The van der Waals surface area contributed by atoms with E-state index >= 15 is 0 Å². The highest BCUT2D eigenvalue weighted by Crippen LogP contribution is 2.17. The first-order valence-corrected chi connectivity index (χ1v) is 8.75. The van der Waals surface area contributed by atoms with Crippen molar-refractivity contribution in [3.63, 3.8) is 0 Å². The van der Waals surface area contributed by atoms with Crippen LogP contribution in [-0.2, 0) is 14.3 Å². The van der Waals surface area contributed by atoms with E-state index in [-0.39, 0.29) is 17.9 Å². The van der Waals surface area contributed by atoms with Gasteiger partial charge in [0.25, 0.3) is 11.8 Å². The lowest BCUT2D eigenvalue weighted by atomic mass is 10.1. The van der Waals surface area contributed by atoms with Gasteiger partial charge in [-0.2, -0.15) is 0 Å². The molecule has 2 amide bonds. The van der Waals surface area contributed by atoms with Crippen LogP contribution in [0.4, 0.5) is 0 Å². The molecule has 1 aliphatic rings. The summed E-state index contributed by atoms with van der Waals surface area (Å²) in [5.41, 5.74) is 1.44. The maximum atomic E-state index is 12.2. The number of carbonyl (C=O) groups is 3. The second-order valence-electron chi connectivity index (χ2n) is 6.63. The number of rotatable bonds is 6. The third-order valence-electron chi connectivity index (χ3n) is 4.35. The zero-order valence-electron chi connectivity index (χ0n) is 15.0. The molecule has 6 nitrogen and oxygen atoms in total. The van der Waals surface area contributed by atoms with Crippen molar-refractivity contribution in [1.82, 2.24) is 10.6 Å². The maximum Gasteiger partial charge on any atom is 0.329 e. The average Bonchev–Trinajstić information content (AvgIpc) is 3.07. The van der Waals surface area contributed by atoms with Crippen molar-refractivity contribution in [2.24, 2.45) is 0 Å². The van der Waals surface area contributed by atoms with E-state index in [1.807, 2.05) is 13.0 Å². The van der Waals surface area contributed by atoms with Gasteiger partial charge in [0.15, 0.2) is 6.10 Å². The molecule has 1 aromatic carbocycles. The third-order valence-corrected chi connectivity index (χ3v) is 4.35. The van der Waals surface area contributed by atoms with Crippen molar-refractivity contribution < 1.29 is 19.1 Å². The summed E-state index contributed by atoms with van der Waals surface area (Å²) in [5, 5.41) is 5.49. The molecule has 2 N–H and O–H groups in total. The molecule has 1 fully saturated rings. The van der Waals surface area contributed by atoms with Crippen molar-refractivity contribution in [2.75, 3.05) is 0 Å². The van der Waals surface area contributed by atoms with Crippen LogP contribution in [0.5, 0.6) is 0 Å². The molecule has 2 rings (SSSR count). The quantitative estimate of drug-likeness (QED) is 0.773. The fourth-order valence-electron chi connectivity index (χ4n) is 2.84. The van der Waals surface area contributed by atoms with Crippen LogP contribution in [0.25, 0.3) is 0 Å². The molecule has 1 aromatic rings. The number of benzene rings is 1. The molecule has 0 aliphatic heterocycles. The van der Waals surface area contributed by atoms with Gasteiger partial charge in [0, 0.05) is 11.6 Å². The summed E-state index contributed by atoms with van der Waals surface area (Å²) < 4.78 is 5.18. The Balaban J connectivity index is 1.82. The van der Waals surface area contributed by atoms with Gasteiger partial charge in [0.1, 0.15) is 6.04 Å². The summed E-state index contributed by atoms with van der Waals surface area (Å²) in [6.07, 6.45) is 3.28. The van der Waals surface area contributed by atoms with E-state index < -0.39 is 18.1 Å². The lowest BCUT2D eigenvalue weighted by Crippen LogP contribution is -2.45. The van der Waals surface area contributed by atoms with Gasteiger partial charge in [-0.25, -0.2) is 4.79 Å². The van der Waals surface area contributed by atoms with Crippen molar-refractivity contribution in [1.29, 1.82) is 0 Å². The number of nitrogens with one attached hydrogen (secondary N) is 2. The molecule has 2 atom stereocenters. The Morgan fingerprint density at radius 3 is 2.48 bits per heavy atom. The monoisotopic (exact) mass is 346 g/mol. The summed E-state index contributed by atoms with van der Waals surface area (Å²) in [7, 11) is 0. The standard InChI is InChI=1S/C19H26N2O4/c1-12-7-6-8-15(11-12)18(23)20-13(2)19(24)25-14(3)17(22)21-16-9-4-5-10-16/h6-8,11,13-14,16H,4-5,9-10H2,1-3H3,(H,20,23)(H,21,22)/t13-,14-/m0/s1. The molecule has 6 heteroatoms. The Morgan fingerprint density at radius 2 is 1.84 bits per heavy atom. The minimum absolute atomic E-state index is 0.173. The van der Waals surface area contributed by atoms with E-state index in [9.17, 15) is 14.4 Å². The molecule has 0 heterocycles. The average molecular weight is 346 g/mol. The Bertz CT molecular complexity index is 638. The number of amides is 2. The Kier molecular flexibility index (Phi) is 6.56. The van der Waals surface area contributed by atoms with Crippen molar-refractivity contribution >= 4 is 17.8 Å². The minimum Gasteiger partial charge on any atom is -0.451 e. The lowest BCUT2D eigenvalue weighted by molar-refractivity contribution is -0.156. The number of hydrogen-bond donors (Lipinski definition) is 2. The second kappa shape index (κ2) is 8.65. The van der Waals surface area contributed by atoms with E-state index in [2.05, 4.69) is 10.6 Å². The fraction of sp³-hybridized carbons (Fsp3) is 0.526. The van der Waals surface area contributed by atoms with Crippen LogP contribution in [0.1, 0.15) is 55.5 Å². The van der Waals surface area contributed by atoms with E-state index in [0.29, 0.717) is 5.56 Å². The second-order valence-corrected chi connectivity index (χ2v) is 6.63. The van der Waals surface area contributed by atoms with E-state index in [0.717, 1.165) is 31.2 Å². The third kappa shape index (κ3) is 5.59. The van der Waals surface area contributed by atoms with Gasteiger partial charge in [0.05, 0.1) is 0 Å². The SMILES string of the molecule is Cc1cccc(C(=O)N[C@@H](C)C(=O)O[C@@H](C)C(=O)NC2CCCC2)c1. The van der Waals surface area contributed by atoms with Crippen molar-refractivity contribution in [3.05, 3.63) is 35.4 Å². The molecule has 0 bridgehead atoms. The number of ether oxygens (including phenoxy) is 1. The minimum atomic E-state index is -0.883. The van der Waals surface area contributed by atoms with Gasteiger partial charge in [0.2, 0.25) is 0 Å². The van der Waals surface area contributed by atoms with Crippen LogP contribution in [0.3, 0.4) is 0 Å². The molecule has 1 saturated carbocycles. The molecular weight excluding hydrogens is 320 g/mol. The summed E-state index contributed by atoms with van der Waals surface area (Å²) in [6.45, 7) is 4.97. The van der Waals surface area contributed by atoms with Gasteiger partial charge in [-0.3, -0.25) is 9.59 Å². The molecule has 0 unspecified atom stereocenters. The summed E-state index contributed by atoms with van der Waals surface area (Å²) >= 11 is 0. The first-order chi connectivity index (χ1) is 11.9. The van der Waals surface area contributed by atoms with E-state index in [4.69, 9.17) is 4.74 Å². The van der Waals surface area contributed by atoms with Crippen LogP contribution in [0.15, 0.2) is 24.3 Å². The molecule has 0 radical (unpaired) electrons. The molecule has 136 valence electrons. The number of hydrogen-bond acceptors (Lipinski definition) is 4. The largest absolute Gasteiger partial charge is 0.451 e. The zero-order chi connectivity index (χ0) is 18.4. The fourth-order valence-corrected chi connectivity index (χ4v) is 2.84. The van der Waals surface area contributed by atoms with Gasteiger partial charge in [-0.05, 0) is 45.7 Å². The smallest absolute Gasteiger partial charge is 0.329 e. The van der Waals surface area contributed by atoms with Crippen LogP contribution >= 0.6 is 0 Å². The van der Waals surface area contributed by atoms with E-state index in [1.165, 1.54) is 13.8 Å². The predicted molar refractivity (Wildman–Crippen MR) is 94.1 cm³/mol. The number of carbonyl (C=O) groups excluding carboxylic acids is 3. The van der Waals surface area contributed by atoms with Gasteiger partial charge in [-0.15, -0.1) is 0 Å². The van der Waals surface area contributed by atoms with Crippen LogP contribution < -0.4 is 10.6 Å². The summed E-state index contributed by atoms with van der Waals surface area (Å²) in [4.78, 5) is 36.3. The van der Waals surface area contributed by atoms with Gasteiger partial charge >= 0.3 is 5.97 Å². The van der Waals surface area contributed by atoms with Crippen molar-refractivity contribution in [2.45, 2.75) is 64.6 Å². The number of aryl methyl sites for hydroxylation is 1. The summed E-state index contributed by atoms with van der Waals surface area (Å²) in [6, 6.07) is 6.42. The molecule has 0 aromatic heterocycles. The maximum absolute atomic E-state index is 12.2. The Labute approximate surface area is 148 Å². The first-order valence-electron chi connectivity index (χ1n) is 8.75. The molecule has 1 aliphatic carbocycles. The lowest BCUT2D eigenvalue weighted by Gasteiger charge is -2.19. The van der Waals surface area contributed by atoms with E-state index in [1.54, 1.807) is 18.2 Å². The molecule has 0 spiro atoms. The molecule has 25 heavy (non-hydrogen) atoms. The summed E-state index contributed by atoms with van der Waals surface area (Å²) in [5.74, 6) is -1.27. The topological polar surface area (TPSA) is 84.5 Å². The Morgan fingerprint density at radius 1 is 1.16 bits per heavy atom. The highest BCUT2D eigenvalue weighted by molar-refractivity contribution is 5.97. The normalized spacial score (nSPS) is 16.8. The molecule has 0 saturated heterocycles. The first kappa shape index (κ1) is 19.0. The highest BCUT2D eigenvalue weighted by atomic mass is 16.5. The van der Waals surface area contributed by atoms with Crippen LogP contribution in [0.2, 0.25) is 0 Å². The van der Waals surface area contributed by atoms with Gasteiger partial charge < -0.3 is 15.4 Å². The highest BCUT2D eigenvalue weighted by Gasteiger charge is 2.25.